The lowest BCUT2D eigenvalue weighted by Crippen LogP contribution is -2.20. The monoisotopic (exact) mass is 245 g/mol. The summed E-state index contributed by atoms with van der Waals surface area (Å²) in [5, 5.41) is 0.117. The summed E-state index contributed by atoms with van der Waals surface area (Å²) in [6.07, 6.45) is 0.868. The Morgan fingerprint density at radius 2 is 2.19 bits per heavy atom. The van der Waals surface area contributed by atoms with E-state index in [-0.39, 0.29) is 17.0 Å². The van der Waals surface area contributed by atoms with Crippen LogP contribution in [0.2, 0.25) is 5.02 Å². The molecule has 0 fully saturated rings. The second kappa shape index (κ2) is 6.18. The van der Waals surface area contributed by atoms with Crippen molar-refractivity contribution < 1.29 is 9.13 Å². The zero-order chi connectivity index (χ0) is 12.1. The van der Waals surface area contributed by atoms with E-state index in [0.717, 1.165) is 12.0 Å². The molecule has 90 valence electrons. The van der Waals surface area contributed by atoms with Crippen molar-refractivity contribution >= 4 is 11.6 Å². The van der Waals surface area contributed by atoms with Gasteiger partial charge in [0.1, 0.15) is 5.82 Å². The molecule has 1 aromatic rings. The van der Waals surface area contributed by atoms with Crippen molar-refractivity contribution in [1.82, 2.24) is 0 Å². The van der Waals surface area contributed by atoms with Crippen LogP contribution in [0.1, 0.15) is 24.9 Å². The van der Waals surface area contributed by atoms with Crippen LogP contribution in [0, 0.1) is 11.7 Å². The molecule has 1 aromatic carbocycles. The number of nitrogens with two attached hydrogens (primary N) is 1. The molecule has 0 aliphatic heterocycles. The highest BCUT2D eigenvalue weighted by atomic mass is 35.5. The van der Waals surface area contributed by atoms with Crippen molar-refractivity contribution in [1.29, 1.82) is 0 Å². The van der Waals surface area contributed by atoms with Gasteiger partial charge in [0.2, 0.25) is 0 Å². The first-order valence-corrected chi connectivity index (χ1v) is 5.63. The number of methoxy groups -OCH3 is 1. The van der Waals surface area contributed by atoms with Crippen LogP contribution < -0.4 is 5.73 Å². The highest BCUT2D eigenvalue weighted by Gasteiger charge is 2.15. The molecule has 0 bridgehead atoms. The zero-order valence-electron chi connectivity index (χ0n) is 9.54. The van der Waals surface area contributed by atoms with E-state index in [9.17, 15) is 4.39 Å². The predicted molar refractivity (Wildman–Crippen MR) is 64.0 cm³/mol. The molecular formula is C12H17ClFNO. The number of hydrogen-bond donors (Lipinski definition) is 1. The van der Waals surface area contributed by atoms with Crippen LogP contribution in [0.4, 0.5) is 4.39 Å². The lowest BCUT2D eigenvalue weighted by molar-refractivity contribution is 0.174. The maximum absolute atomic E-state index is 13.0. The number of ether oxygens (including phenoxy) is 1. The van der Waals surface area contributed by atoms with E-state index < -0.39 is 5.82 Å². The predicted octanol–water partition coefficient (Wildman–Crippen LogP) is 3.15. The van der Waals surface area contributed by atoms with Gasteiger partial charge in [-0.15, -0.1) is 0 Å². The second-order valence-corrected chi connectivity index (χ2v) is 4.37. The Hall–Kier alpha value is -0.640. The molecule has 0 aliphatic rings. The van der Waals surface area contributed by atoms with Gasteiger partial charge in [0.15, 0.2) is 0 Å². The summed E-state index contributed by atoms with van der Waals surface area (Å²) in [5.74, 6) is -0.149. The molecular weight excluding hydrogens is 229 g/mol. The van der Waals surface area contributed by atoms with Gasteiger partial charge in [-0.2, -0.15) is 0 Å². The van der Waals surface area contributed by atoms with Crippen molar-refractivity contribution in [2.24, 2.45) is 11.7 Å². The van der Waals surface area contributed by atoms with Crippen LogP contribution in [-0.4, -0.2) is 13.7 Å². The SMILES string of the molecule is COCCC(C)C(N)c1ccc(F)c(Cl)c1. The molecule has 4 heteroatoms. The molecule has 0 radical (unpaired) electrons. The zero-order valence-corrected chi connectivity index (χ0v) is 10.3. The van der Waals surface area contributed by atoms with Crippen LogP contribution in [0.5, 0.6) is 0 Å². The van der Waals surface area contributed by atoms with E-state index >= 15 is 0 Å². The minimum Gasteiger partial charge on any atom is -0.385 e. The molecule has 16 heavy (non-hydrogen) atoms. The number of benzene rings is 1. The van der Waals surface area contributed by atoms with Gasteiger partial charge in [0.25, 0.3) is 0 Å². The second-order valence-electron chi connectivity index (χ2n) is 3.96. The van der Waals surface area contributed by atoms with Crippen LogP contribution in [0.3, 0.4) is 0 Å². The summed E-state index contributed by atoms with van der Waals surface area (Å²) in [5.41, 5.74) is 6.92. The fourth-order valence-corrected chi connectivity index (χ4v) is 1.72. The third-order valence-electron chi connectivity index (χ3n) is 2.72. The molecule has 0 aliphatic carbocycles. The van der Waals surface area contributed by atoms with E-state index in [2.05, 4.69) is 0 Å². The van der Waals surface area contributed by atoms with Gasteiger partial charge in [0.05, 0.1) is 5.02 Å². The summed E-state index contributed by atoms with van der Waals surface area (Å²) < 4.78 is 18.0. The number of hydrogen-bond acceptors (Lipinski definition) is 2. The first-order chi connectivity index (χ1) is 7.56. The number of rotatable bonds is 5. The normalized spacial score (nSPS) is 14.8. The first kappa shape index (κ1) is 13.4. The van der Waals surface area contributed by atoms with Gasteiger partial charge in [-0.25, -0.2) is 4.39 Å². The highest BCUT2D eigenvalue weighted by Crippen LogP contribution is 2.25. The lowest BCUT2D eigenvalue weighted by atomic mass is 9.93. The fourth-order valence-electron chi connectivity index (χ4n) is 1.53. The topological polar surface area (TPSA) is 35.2 Å². The minimum atomic E-state index is -0.415. The van der Waals surface area contributed by atoms with Crippen LogP contribution in [0.25, 0.3) is 0 Å². The van der Waals surface area contributed by atoms with E-state index in [1.54, 1.807) is 19.2 Å². The van der Waals surface area contributed by atoms with Crippen LogP contribution in [-0.2, 0) is 4.74 Å². The summed E-state index contributed by atoms with van der Waals surface area (Å²) >= 11 is 5.71. The Bertz CT molecular complexity index is 346. The standard InChI is InChI=1S/C12H17ClFNO/c1-8(5-6-16-2)12(15)9-3-4-11(14)10(13)7-9/h3-4,7-8,12H,5-6,15H2,1-2H3. The Balaban J connectivity index is 2.71. The summed E-state index contributed by atoms with van der Waals surface area (Å²) in [6, 6.07) is 4.47. The molecule has 1 rings (SSSR count). The average molecular weight is 246 g/mol. The third kappa shape index (κ3) is 3.44. The molecule has 2 N–H and O–H groups in total. The molecule has 0 aromatic heterocycles. The molecule has 0 spiro atoms. The fraction of sp³-hybridized carbons (Fsp3) is 0.500. The van der Waals surface area contributed by atoms with E-state index in [0.29, 0.717) is 6.61 Å². The Morgan fingerprint density at radius 3 is 2.75 bits per heavy atom. The summed E-state index contributed by atoms with van der Waals surface area (Å²) in [6.45, 7) is 2.71. The Kier molecular flexibility index (Phi) is 5.19. The van der Waals surface area contributed by atoms with Crippen molar-refractivity contribution in [3.63, 3.8) is 0 Å². The van der Waals surface area contributed by atoms with Gasteiger partial charge >= 0.3 is 0 Å². The third-order valence-corrected chi connectivity index (χ3v) is 3.01. The van der Waals surface area contributed by atoms with E-state index in [4.69, 9.17) is 22.1 Å². The Morgan fingerprint density at radius 1 is 1.50 bits per heavy atom. The Labute approximate surface area is 101 Å². The largest absolute Gasteiger partial charge is 0.385 e. The van der Waals surface area contributed by atoms with Gasteiger partial charge in [-0.05, 0) is 30.0 Å². The molecule has 0 saturated carbocycles. The van der Waals surface area contributed by atoms with E-state index in [1.807, 2.05) is 6.92 Å². The van der Waals surface area contributed by atoms with Crippen molar-refractivity contribution in [2.45, 2.75) is 19.4 Å². The smallest absolute Gasteiger partial charge is 0.141 e. The molecule has 0 amide bonds. The molecule has 0 saturated heterocycles. The van der Waals surface area contributed by atoms with E-state index in [1.165, 1.54) is 6.07 Å². The minimum absolute atomic E-state index is 0.117. The van der Waals surface area contributed by atoms with Gasteiger partial charge in [0, 0.05) is 19.8 Å². The quantitative estimate of drug-likeness (QED) is 0.865. The number of halogens is 2. The maximum Gasteiger partial charge on any atom is 0.141 e. The van der Waals surface area contributed by atoms with Crippen LogP contribution >= 0.6 is 11.6 Å². The van der Waals surface area contributed by atoms with Crippen molar-refractivity contribution in [2.75, 3.05) is 13.7 Å². The van der Waals surface area contributed by atoms with Gasteiger partial charge in [-0.1, -0.05) is 24.6 Å². The average Bonchev–Trinajstić information content (AvgIpc) is 2.28. The molecule has 2 atom stereocenters. The van der Waals surface area contributed by atoms with Crippen molar-refractivity contribution in [3.05, 3.63) is 34.6 Å². The van der Waals surface area contributed by atoms with Gasteiger partial charge < -0.3 is 10.5 Å². The summed E-state index contributed by atoms with van der Waals surface area (Å²) in [7, 11) is 1.66. The van der Waals surface area contributed by atoms with Crippen LogP contribution in [0.15, 0.2) is 18.2 Å². The molecule has 2 nitrogen and oxygen atoms in total. The first-order valence-electron chi connectivity index (χ1n) is 5.25. The lowest BCUT2D eigenvalue weighted by Gasteiger charge is -2.20. The molecule has 2 unspecified atom stereocenters. The van der Waals surface area contributed by atoms with Crippen molar-refractivity contribution in [3.8, 4) is 0 Å². The van der Waals surface area contributed by atoms with Gasteiger partial charge in [-0.3, -0.25) is 0 Å². The summed E-state index contributed by atoms with van der Waals surface area (Å²) in [4.78, 5) is 0. The maximum atomic E-state index is 13.0. The molecule has 0 heterocycles. The highest BCUT2D eigenvalue weighted by molar-refractivity contribution is 6.30.